The molecule has 0 aliphatic carbocycles. The first-order chi connectivity index (χ1) is 15.6. The maximum absolute atomic E-state index is 13.4. The molecule has 8 nitrogen and oxygen atoms in total. The van der Waals surface area contributed by atoms with Gasteiger partial charge in [-0.3, -0.25) is 14.4 Å². The van der Waals surface area contributed by atoms with Gasteiger partial charge in [0, 0.05) is 43.2 Å². The zero-order chi connectivity index (χ0) is 24.2. The van der Waals surface area contributed by atoms with Gasteiger partial charge in [-0.2, -0.15) is 0 Å². The number of carbonyl (C=O) groups is 3. The van der Waals surface area contributed by atoms with E-state index in [1.54, 1.807) is 43.0 Å². The average molecular weight is 492 g/mol. The second kappa shape index (κ2) is 10.4. The molecule has 1 aliphatic heterocycles. The summed E-state index contributed by atoms with van der Waals surface area (Å²) in [6.45, 7) is 4.53. The number of hydrogen-bond donors (Lipinski definition) is 1. The van der Waals surface area contributed by atoms with Gasteiger partial charge in [0.15, 0.2) is 0 Å². The summed E-state index contributed by atoms with van der Waals surface area (Å²) >= 11 is 5.88. The molecule has 33 heavy (non-hydrogen) atoms. The first-order valence-corrected chi connectivity index (χ1v) is 12.5. The van der Waals surface area contributed by atoms with Crippen LogP contribution < -0.4 is 5.32 Å². The summed E-state index contributed by atoms with van der Waals surface area (Å²) in [7, 11) is -4.28. The average Bonchev–Trinajstić information content (AvgIpc) is 2.81. The number of benzene rings is 2. The molecule has 2 aromatic carbocycles. The second-order valence-electron chi connectivity index (χ2n) is 7.78. The molecule has 3 amide bonds. The first-order valence-electron chi connectivity index (χ1n) is 10.6. The van der Waals surface area contributed by atoms with Crippen molar-refractivity contribution in [2.45, 2.75) is 30.5 Å². The van der Waals surface area contributed by atoms with E-state index in [0.29, 0.717) is 24.5 Å². The third kappa shape index (κ3) is 5.72. The van der Waals surface area contributed by atoms with Crippen LogP contribution in [-0.2, 0) is 19.4 Å². The SMILES string of the molecule is CCC(=O)N1CCN(C(=O)C(NC(=O)c2cccc(C)c2)S(=O)(=O)c2ccc(Cl)cc2)CC1. The summed E-state index contributed by atoms with van der Waals surface area (Å²) in [5, 5.41) is 0.950. The molecule has 0 bridgehead atoms. The third-order valence-corrected chi connectivity index (χ3v) is 7.59. The van der Waals surface area contributed by atoms with Crippen LogP contribution in [0.3, 0.4) is 0 Å². The maximum atomic E-state index is 13.4. The lowest BCUT2D eigenvalue weighted by molar-refractivity contribution is -0.139. The normalized spacial score (nSPS) is 15.1. The summed E-state index contributed by atoms with van der Waals surface area (Å²) in [6.07, 6.45) is 0.355. The molecule has 0 aromatic heterocycles. The van der Waals surface area contributed by atoms with Crippen LogP contribution >= 0.6 is 11.6 Å². The summed E-state index contributed by atoms with van der Waals surface area (Å²) in [5.74, 6) is -1.44. The Balaban J connectivity index is 1.89. The number of rotatable bonds is 6. The Morgan fingerprint density at radius 1 is 1.00 bits per heavy atom. The molecule has 176 valence electrons. The van der Waals surface area contributed by atoms with Crippen molar-refractivity contribution in [3.63, 3.8) is 0 Å². The van der Waals surface area contributed by atoms with E-state index >= 15 is 0 Å². The van der Waals surface area contributed by atoms with Gasteiger partial charge in [-0.25, -0.2) is 8.42 Å². The Morgan fingerprint density at radius 2 is 1.61 bits per heavy atom. The highest BCUT2D eigenvalue weighted by atomic mass is 35.5. The second-order valence-corrected chi connectivity index (χ2v) is 10.3. The van der Waals surface area contributed by atoms with Crippen molar-refractivity contribution in [3.05, 3.63) is 64.7 Å². The van der Waals surface area contributed by atoms with Gasteiger partial charge >= 0.3 is 0 Å². The summed E-state index contributed by atoms with van der Waals surface area (Å²) in [4.78, 5) is 41.1. The fourth-order valence-electron chi connectivity index (χ4n) is 3.59. The van der Waals surface area contributed by atoms with Crippen LogP contribution in [0.4, 0.5) is 0 Å². The van der Waals surface area contributed by atoms with Crippen LogP contribution in [0.25, 0.3) is 0 Å². The van der Waals surface area contributed by atoms with E-state index in [4.69, 9.17) is 11.6 Å². The van der Waals surface area contributed by atoms with Crippen molar-refractivity contribution < 1.29 is 22.8 Å². The van der Waals surface area contributed by atoms with Gasteiger partial charge in [0.2, 0.25) is 21.1 Å². The standard InChI is InChI=1S/C23H26ClN3O5S/c1-3-20(28)26-11-13-27(14-12-26)23(30)22(25-21(29)17-6-4-5-16(2)15-17)33(31,32)19-9-7-18(24)8-10-19/h4-10,15,22H,3,11-14H2,1-2H3,(H,25,29). The number of halogens is 1. The molecule has 10 heteroatoms. The monoisotopic (exact) mass is 491 g/mol. The van der Waals surface area contributed by atoms with E-state index in [0.717, 1.165) is 5.56 Å². The van der Waals surface area contributed by atoms with Crippen molar-refractivity contribution in [2.75, 3.05) is 26.2 Å². The molecule has 1 heterocycles. The van der Waals surface area contributed by atoms with Gasteiger partial charge in [0.25, 0.3) is 11.8 Å². The molecule has 2 aromatic rings. The molecule has 1 fully saturated rings. The molecule has 1 aliphatic rings. The van der Waals surface area contributed by atoms with E-state index in [2.05, 4.69) is 5.32 Å². The fraction of sp³-hybridized carbons (Fsp3) is 0.348. The Morgan fingerprint density at radius 3 is 2.18 bits per heavy atom. The molecule has 0 radical (unpaired) electrons. The van der Waals surface area contributed by atoms with Crippen molar-refractivity contribution in [2.24, 2.45) is 0 Å². The van der Waals surface area contributed by atoms with Gasteiger partial charge in [0.1, 0.15) is 0 Å². The Bertz CT molecular complexity index is 1140. The van der Waals surface area contributed by atoms with Crippen molar-refractivity contribution in [1.82, 2.24) is 15.1 Å². The van der Waals surface area contributed by atoms with Crippen LogP contribution in [0.1, 0.15) is 29.3 Å². The zero-order valence-electron chi connectivity index (χ0n) is 18.5. The lowest BCUT2D eigenvalue weighted by Gasteiger charge is -2.36. The Kier molecular flexibility index (Phi) is 7.76. The van der Waals surface area contributed by atoms with E-state index in [1.807, 2.05) is 0 Å². The van der Waals surface area contributed by atoms with Crippen molar-refractivity contribution in [1.29, 1.82) is 0 Å². The molecule has 1 N–H and O–H groups in total. The smallest absolute Gasteiger partial charge is 0.261 e. The zero-order valence-corrected chi connectivity index (χ0v) is 20.0. The first kappa shape index (κ1) is 24.7. The summed E-state index contributed by atoms with van der Waals surface area (Å²) < 4.78 is 26.8. The lowest BCUT2D eigenvalue weighted by atomic mass is 10.1. The van der Waals surface area contributed by atoms with Gasteiger partial charge in [0.05, 0.1) is 4.90 Å². The highest BCUT2D eigenvalue weighted by Crippen LogP contribution is 2.20. The molecule has 0 spiro atoms. The van der Waals surface area contributed by atoms with E-state index in [1.165, 1.54) is 29.2 Å². The van der Waals surface area contributed by atoms with Crippen LogP contribution in [0.2, 0.25) is 5.02 Å². The number of nitrogens with zero attached hydrogens (tertiary/aromatic N) is 2. The predicted octanol–water partition coefficient (Wildman–Crippen LogP) is 2.26. The summed E-state index contributed by atoms with van der Waals surface area (Å²) in [6, 6.07) is 12.1. The number of aryl methyl sites for hydroxylation is 1. The molecule has 1 unspecified atom stereocenters. The highest BCUT2D eigenvalue weighted by Gasteiger charge is 2.39. The van der Waals surface area contributed by atoms with Gasteiger partial charge in [-0.1, -0.05) is 36.2 Å². The number of sulfone groups is 1. The molecule has 3 rings (SSSR count). The van der Waals surface area contributed by atoms with Crippen molar-refractivity contribution in [3.8, 4) is 0 Å². The molecular formula is C23H26ClN3O5S. The quantitative estimate of drug-likeness (QED) is 0.667. The van der Waals surface area contributed by atoms with Crippen LogP contribution in [0.5, 0.6) is 0 Å². The minimum absolute atomic E-state index is 0.0276. The largest absolute Gasteiger partial charge is 0.339 e. The van der Waals surface area contributed by atoms with Gasteiger partial charge in [-0.15, -0.1) is 0 Å². The number of hydrogen-bond acceptors (Lipinski definition) is 5. The van der Waals surface area contributed by atoms with Crippen LogP contribution in [0.15, 0.2) is 53.4 Å². The van der Waals surface area contributed by atoms with E-state index < -0.39 is 27.0 Å². The lowest BCUT2D eigenvalue weighted by Crippen LogP contribution is -2.57. The fourth-order valence-corrected chi connectivity index (χ4v) is 5.18. The van der Waals surface area contributed by atoms with E-state index in [9.17, 15) is 22.8 Å². The number of carbonyl (C=O) groups excluding carboxylic acids is 3. The maximum Gasteiger partial charge on any atom is 0.261 e. The molecule has 0 saturated carbocycles. The minimum atomic E-state index is -4.28. The number of nitrogens with one attached hydrogen (secondary N) is 1. The van der Waals surface area contributed by atoms with Crippen LogP contribution in [0, 0.1) is 6.92 Å². The molecule has 1 saturated heterocycles. The highest BCUT2D eigenvalue weighted by molar-refractivity contribution is 7.92. The molecule has 1 atom stereocenters. The van der Waals surface area contributed by atoms with Crippen molar-refractivity contribution >= 4 is 39.2 Å². The third-order valence-electron chi connectivity index (χ3n) is 5.47. The van der Waals surface area contributed by atoms with Crippen LogP contribution in [-0.4, -0.2) is 67.5 Å². The Labute approximate surface area is 198 Å². The molecular weight excluding hydrogens is 466 g/mol. The van der Waals surface area contributed by atoms with Gasteiger partial charge < -0.3 is 15.1 Å². The van der Waals surface area contributed by atoms with Gasteiger partial charge in [-0.05, 0) is 43.3 Å². The number of amides is 3. The number of piperazine rings is 1. The summed E-state index contributed by atoms with van der Waals surface area (Å²) in [5.41, 5.74) is 1.07. The minimum Gasteiger partial charge on any atom is -0.339 e. The van der Waals surface area contributed by atoms with E-state index in [-0.39, 0.29) is 29.5 Å². The predicted molar refractivity (Wildman–Crippen MR) is 125 cm³/mol. The topological polar surface area (TPSA) is 104 Å². The Hall–Kier alpha value is -2.91.